The van der Waals surface area contributed by atoms with Crippen molar-refractivity contribution < 1.29 is 19.4 Å². The van der Waals surface area contributed by atoms with Gasteiger partial charge in [-0.2, -0.15) is 0 Å². The number of ketones is 1. The zero-order chi connectivity index (χ0) is 14.7. The van der Waals surface area contributed by atoms with Gasteiger partial charge in [0.15, 0.2) is 0 Å². The molecule has 0 aromatic rings. The van der Waals surface area contributed by atoms with E-state index in [1.807, 2.05) is 20.8 Å². The molecule has 5 heteroatoms. The summed E-state index contributed by atoms with van der Waals surface area (Å²) in [6.07, 6.45) is 1.54. The van der Waals surface area contributed by atoms with E-state index in [1.165, 1.54) is 6.92 Å². The maximum absolute atomic E-state index is 11.9. The molecule has 1 amide bonds. The van der Waals surface area contributed by atoms with E-state index in [0.717, 1.165) is 0 Å². The third kappa shape index (κ3) is 5.59. The first-order valence-corrected chi connectivity index (χ1v) is 6.81. The monoisotopic (exact) mass is 271 g/mol. The molecule has 1 rings (SSSR count). The van der Waals surface area contributed by atoms with Gasteiger partial charge in [0, 0.05) is 19.5 Å². The number of nitrogens with zero attached hydrogens (tertiary/aromatic N) is 1. The summed E-state index contributed by atoms with van der Waals surface area (Å²) in [6.45, 7) is 7.97. The van der Waals surface area contributed by atoms with E-state index < -0.39 is 11.2 Å². The van der Waals surface area contributed by atoms with Crippen molar-refractivity contribution in [2.24, 2.45) is 0 Å². The van der Waals surface area contributed by atoms with E-state index in [9.17, 15) is 14.7 Å². The molecule has 1 aliphatic rings. The van der Waals surface area contributed by atoms with Crippen LogP contribution in [-0.4, -0.2) is 46.2 Å². The average molecular weight is 271 g/mol. The Morgan fingerprint density at radius 2 is 1.79 bits per heavy atom. The Hall–Kier alpha value is -1.10. The fourth-order valence-electron chi connectivity index (χ4n) is 2.09. The summed E-state index contributed by atoms with van der Waals surface area (Å²) in [5.41, 5.74) is -1.32. The van der Waals surface area contributed by atoms with Crippen LogP contribution >= 0.6 is 0 Å². The molecule has 0 bridgehead atoms. The standard InChI is InChI=1S/C14H25NO4/c1-11(16)5-6-14(18)7-9-15(10-8-14)12(17)19-13(2,3)4/h18H,5-10H2,1-4H3. The molecule has 1 heterocycles. The summed E-state index contributed by atoms with van der Waals surface area (Å²) in [6, 6.07) is 0. The molecular weight excluding hydrogens is 246 g/mol. The Morgan fingerprint density at radius 1 is 1.26 bits per heavy atom. The van der Waals surface area contributed by atoms with E-state index in [1.54, 1.807) is 4.90 Å². The number of rotatable bonds is 3. The molecule has 0 aromatic heterocycles. The van der Waals surface area contributed by atoms with Crippen LogP contribution in [0.15, 0.2) is 0 Å². The predicted molar refractivity (Wildman–Crippen MR) is 71.9 cm³/mol. The average Bonchev–Trinajstić information content (AvgIpc) is 2.25. The summed E-state index contributed by atoms with van der Waals surface area (Å²) >= 11 is 0. The predicted octanol–water partition coefficient (Wildman–Crippen LogP) is 2.12. The number of aliphatic hydroxyl groups is 1. The fraction of sp³-hybridized carbons (Fsp3) is 0.857. The van der Waals surface area contributed by atoms with Gasteiger partial charge in [-0.25, -0.2) is 4.79 Å². The van der Waals surface area contributed by atoms with E-state index in [0.29, 0.717) is 38.8 Å². The molecule has 1 saturated heterocycles. The van der Waals surface area contributed by atoms with Crippen molar-refractivity contribution >= 4 is 11.9 Å². The van der Waals surface area contributed by atoms with Crippen molar-refractivity contribution in [1.29, 1.82) is 0 Å². The Balaban J connectivity index is 2.44. The summed E-state index contributed by atoms with van der Waals surface area (Å²) in [5, 5.41) is 10.3. The highest BCUT2D eigenvalue weighted by atomic mass is 16.6. The summed E-state index contributed by atoms with van der Waals surface area (Å²) in [4.78, 5) is 24.4. The van der Waals surface area contributed by atoms with Crippen LogP contribution in [0.2, 0.25) is 0 Å². The molecule has 1 aliphatic heterocycles. The lowest BCUT2D eigenvalue weighted by molar-refractivity contribution is -0.119. The molecule has 0 spiro atoms. The minimum absolute atomic E-state index is 0.0861. The van der Waals surface area contributed by atoms with Gasteiger partial charge in [-0.3, -0.25) is 0 Å². The second-order valence-corrected chi connectivity index (χ2v) is 6.39. The highest BCUT2D eigenvalue weighted by molar-refractivity contribution is 5.75. The molecule has 19 heavy (non-hydrogen) atoms. The third-order valence-corrected chi connectivity index (χ3v) is 3.29. The molecule has 0 unspecified atom stereocenters. The molecule has 0 radical (unpaired) electrons. The number of hydrogen-bond acceptors (Lipinski definition) is 4. The van der Waals surface area contributed by atoms with Crippen LogP contribution in [0.3, 0.4) is 0 Å². The van der Waals surface area contributed by atoms with E-state index in [2.05, 4.69) is 0 Å². The molecule has 0 saturated carbocycles. The normalized spacial score (nSPS) is 19.1. The first-order chi connectivity index (χ1) is 8.61. The highest BCUT2D eigenvalue weighted by Gasteiger charge is 2.35. The van der Waals surface area contributed by atoms with E-state index in [-0.39, 0.29) is 11.9 Å². The number of carbonyl (C=O) groups is 2. The maximum Gasteiger partial charge on any atom is 0.410 e. The smallest absolute Gasteiger partial charge is 0.410 e. The van der Waals surface area contributed by atoms with Gasteiger partial charge >= 0.3 is 6.09 Å². The summed E-state index contributed by atoms with van der Waals surface area (Å²) < 4.78 is 5.29. The maximum atomic E-state index is 11.9. The van der Waals surface area contributed by atoms with Gasteiger partial charge in [-0.05, 0) is 47.0 Å². The minimum Gasteiger partial charge on any atom is -0.444 e. The third-order valence-electron chi connectivity index (χ3n) is 3.29. The lowest BCUT2D eigenvalue weighted by Gasteiger charge is -2.38. The van der Waals surface area contributed by atoms with Gasteiger partial charge in [0.25, 0.3) is 0 Å². The second kappa shape index (κ2) is 5.90. The van der Waals surface area contributed by atoms with Crippen LogP contribution in [0.1, 0.15) is 53.4 Å². The number of piperidine rings is 1. The van der Waals surface area contributed by atoms with Crippen molar-refractivity contribution in [2.45, 2.75) is 64.6 Å². The first kappa shape index (κ1) is 16.0. The highest BCUT2D eigenvalue weighted by Crippen LogP contribution is 2.27. The van der Waals surface area contributed by atoms with Gasteiger partial charge in [-0.15, -0.1) is 0 Å². The van der Waals surface area contributed by atoms with Crippen LogP contribution in [0.5, 0.6) is 0 Å². The first-order valence-electron chi connectivity index (χ1n) is 6.81. The number of hydrogen-bond donors (Lipinski definition) is 1. The Morgan fingerprint density at radius 3 is 2.21 bits per heavy atom. The van der Waals surface area contributed by atoms with Crippen molar-refractivity contribution in [1.82, 2.24) is 4.90 Å². The Labute approximate surface area is 114 Å². The number of carbonyl (C=O) groups excluding carboxylic acids is 2. The molecular formula is C14H25NO4. The van der Waals surface area contributed by atoms with Crippen molar-refractivity contribution in [3.63, 3.8) is 0 Å². The van der Waals surface area contributed by atoms with E-state index in [4.69, 9.17) is 4.74 Å². The number of ether oxygens (including phenoxy) is 1. The molecule has 110 valence electrons. The molecule has 1 N–H and O–H groups in total. The lowest BCUT2D eigenvalue weighted by atomic mass is 9.86. The Bertz CT molecular complexity index is 338. The molecule has 0 aromatic carbocycles. The van der Waals surface area contributed by atoms with Gasteiger partial charge in [0.2, 0.25) is 0 Å². The quantitative estimate of drug-likeness (QED) is 0.853. The van der Waals surface area contributed by atoms with Crippen LogP contribution < -0.4 is 0 Å². The van der Waals surface area contributed by atoms with Crippen molar-refractivity contribution in [3.8, 4) is 0 Å². The van der Waals surface area contributed by atoms with Crippen LogP contribution in [0.25, 0.3) is 0 Å². The minimum atomic E-state index is -0.815. The van der Waals surface area contributed by atoms with Gasteiger partial charge in [0.05, 0.1) is 5.60 Å². The fourth-order valence-corrected chi connectivity index (χ4v) is 2.09. The number of likely N-dealkylation sites (tertiary alicyclic amines) is 1. The van der Waals surface area contributed by atoms with Crippen molar-refractivity contribution in [3.05, 3.63) is 0 Å². The molecule has 1 fully saturated rings. The Kier molecular flexibility index (Phi) is 4.96. The molecule has 5 nitrogen and oxygen atoms in total. The summed E-state index contributed by atoms with van der Waals surface area (Å²) in [5.74, 6) is 0.0861. The van der Waals surface area contributed by atoms with E-state index >= 15 is 0 Å². The van der Waals surface area contributed by atoms with Crippen LogP contribution in [0, 0.1) is 0 Å². The molecule has 0 aliphatic carbocycles. The van der Waals surface area contributed by atoms with Crippen molar-refractivity contribution in [2.75, 3.05) is 13.1 Å². The largest absolute Gasteiger partial charge is 0.444 e. The molecule has 0 atom stereocenters. The number of amides is 1. The van der Waals surface area contributed by atoms with Gasteiger partial charge in [0.1, 0.15) is 11.4 Å². The van der Waals surface area contributed by atoms with Crippen LogP contribution in [-0.2, 0) is 9.53 Å². The van der Waals surface area contributed by atoms with Gasteiger partial charge < -0.3 is 19.5 Å². The second-order valence-electron chi connectivity index (χ2n) is 6.39. The summed E-state index contributed by atoms with van der Waals surface area (Å²) in [7, 11) is 0. The van der Waals surface area contributed by atoms with Gasteiger partial charge in [-0.1, -0.05) is 0 Å². The zero-order valence-electron chi connectivity index (χ0n) is 12.4. The zero-order valence-corrected chi connectivity index (χ0v) is 12.4. The SMILES string of the molecule is CC(=O)CCC1(O)CCN(C(=O)OC(C)(C)C)CC1. The van der Waals surface area contributed by atoms with Crippen LogP contribution in [0.4, 0.5) is 4.79 Å². The lowest BCUT2D eigenvalue weighted by Crippen LogP contribution is -2.48. The topological polar surface area (TPSA) is 66.8 Å². The number of Topliss-reactive ketones (excluding diaryl/α,β-unsaturated/α-hetero) is 1.